The van der Waals surface area contributed by atoms with Gasteiger partial charge in [0.1, 0.15) is 17.6 Å². The van der Waals surface area contributed by atoms with E-state index < -0.39 is 35.0 Å². The smallest absolute Gasteiger partial charge is 0.312 e. The lowest BCUT2D eigenvalue weighted by molar-refractivity contribution is -0.161. The van der Waals surface area contributed by atoms with Crippen LogP contribution in [0.25, 0.3) is 0 Å². The number of nitrogens with zero attached hydrogens (tertiary/aromatic N) is 2. The second-order valence-electron chi connectivity index (χ2n) is 12.1. The van der Waals surface area contributed by atoms with Crippen LogP contribution in [0, 0.1) is 31.6 Å². The van der Waals surface area contributed by atoms with Crippen molar-refractivity contribution in [3.8, 4) is 0 Å². The average Bonchev–Trinajstić information content (AvgIpc) is 3.45. The number of hydrogen-bond donors (Lipinski definition) is 1. The van der Waals surface area contributed by atoms with Crippen LogP contribution < -0.4 is 4.90 Å². The maximum atomic E-state index is 14.7. The largest absolute Gasteiger partial charge is 0.465 e. The summed E-state index contributed by atoms with van der Waals surface area (Å²) in [5, 5.41) is 9.30. The standard InChI is InChI=1S/C33H46N2O6/c1-7-9-13-19-40-31(39)27-26-29(37)35(17-11-10-12-18-36)28(33(26)21-24(5)32(27,6)41-33)30(38)34(16-8-2)25-20-22(3)14-15-23(25)4/h7-8,14-15,20,24,26-28,36H,1-2,9-13,16-19,21H2,3-6H3/t24?,26-,27+,28?,32-,33?/m0/s1. The Morgan fingerprint density at radius 2 is 1.95 bits per heavy atom. The summed E-state index contributed by atoms with van der Waals surface area (Å²) in [7, 11) is 0. The number of anilines is 1. The molecule has 1 aromatic rings. The first kappa shape index (κ1) is 31.0. The molecule has 3 heterocycles. The highest BCUT2D eigenvalue weighted by Gasteiger charge is 2.80. The molecule has 0 aliphatic carbocycles. The number of fused-ring (bicyclic) bond motifs is 1. The first-order valence-electron chi connectivity index (χ1n) is 15.0. The molecule has 3 saturated heterocycles. The lowest BCUT2D eigenvalue weighted by Crippen LogP contribution is -2.57. The molecule has 2 bridgehead atoms. The number of amides is 2. The van der Waals surface area contributed by atoms with Gasteiger partial charge in [0.05, 0.1) is 18.1 Å². The molecule has 4 rings (SSSR count). The SMILES string of the molecule is C=CCCCOC(=O)[C@H]1[C@H]2C(=O)N(CCCCCO)C(C(=O)N(CC=C)c3cc(C)ccc3C)C23CC(C)[C@]1(C)O3. The Hall–Kier alpha value is -2.97. The lowest BCUT2D eigenvalue weighted by Gasteiger charge is -2.37. The van der Waals surface area contributed by atoms with Crippen molar-refractivity contribution in [2.24, 2.45) is 17.8 Å². The highest BCUT2D eigenvalue weighted by Crippen LogP contribution is 2.65. The van der Waals surface area contributed by atoms with E-state index in [1.165, 1.54) is 0 Å². The zero-order chi connectivity index (χ0) is 29.9. The molecule has 6 atom stereocenters. The topological polar surface area (TPSA) is 96.4 Å². The van der Waals surface area contributed by atoms with Crippen LogP contribution >= 0.6 is 0 Å². The van der Waals surface area contributed by atoms with Gasteiger partial charge in [-0.05, 0) is 82.4 Å². The minimum absolute atomic E-state index is 0.0597. The summed E-state index contributed by atoms with van der Waals surface area (Å²) >= 11 is 0. The van der Waals surface area contributed by atoms with Gasteiger partial charge in [-0.1, -0.05) is 31.2 Å². The second-order valence-corrected chi connectivity index (χ2v) is 12.1. The fraction of sp³-hybridized carbons (Fsp3) is 0.606. The number of aryl methyl sites for hydroxylation is 2. The van der Waals surface area contributed by atoms with Gasteiger partial charge in [-0.2, -0.15) is 0 Å². The van der Waals surface area contributed by atoms with Crippen molar-refractivity contribution in [3.05, 3.63) is 54.6 Å². The van der Waals surface area contributed by atoms with Crippen molar-refractivity contribution in [3.63, 3.8) is 0 Å². The fourth-order valence-corrected chi connectivity index (χ4v) is 7.27. The lowest BCUT2D eigenvalue weighted by atomic mass is 9.62. The normalized spacial score (nSPS) is 29.9. The average molecular weight is 567 g/mol. The number of esters is 1. The van der Waals surface area contributed by atoms with Gasteiger partial charge in [0.25, 0.3) is 5.91 Å². The number of aliphatic hydroxyl groups is 1. The minimum atomic E-state index is -1.14. The van der Waals surface area contributed by atoms with Crippen LogP contribution in [0.4, 0.5) is 5.69 Å². The highest BCUT2D eigenvalue weighted by molar-refractivity contribution is 6.05. The van der Waals surface area contributed by atoms with Crippen molar-refractivity contribution in [1.29, 1.82) is 0 Å². The molecule has 8 nitrogen and oxygen atoms in total. The molecule has 1 N–H and O–H groups in total. The minimum Gasteiger partial charge on any atom is -0.465 e. The number of unbranched alkanes of at least 4 members (excludes halogenated alkanes) is 3. The maximum absolute atomic E-state index is 14.7. The molecule has 3 fully saturated rings. The first-order valence-corrected chi connectivity index (χ1v) is 15.0. The summed E-state index contributed by atoms with van der Waals surface area (Å²) in [6, 6.07) is 5.08. The number of likely N-dealkylation sites (tertiary alicyclic amines) is 1. The third-order valence-electron chi connectivity index (χ3n) is 9.39. The van der Waals surface area contributed by atoms with E-state index >= 15 is 0 Å². The van der Waals surface area contributed by atoms with E-state index in [4.69, 9.17) is 9.47 Å². The van der Waals surface area contributed by atoms with Crippen molar-refractivity contribution in [1.82, 2.24) is 4.90 Å². The number of allylic oxidation sites excluding steroid dienone is 1. The predicted octanol–water partition coefficient (Wildman–Crippen LogP) is 4.51. The van der Waals surface area contributed by atoms with Gasteiger partial charge >= 0.3 is 5.97 Å². The summed E-state index contributed by atoms with van der Waals surface area (Å²) in [6.07, 6.45) is 7.32. The van der Waals surface area contributed by atoms with E-state index in [-0.39, 0.29) is 37.5 Å². The van der Waals surface area contributed by atoms with Gasteiger partial charge in [-0.25, -0.2) is 0 Å². The Morgan fingerprint density at radius 1 is 1.20 bits per heavy atom. The van der Waals surface area contributed by atoms with Crippen molar-refractivity contribution in [2.75, 3.05) is 31.2 Å². The number of aliphatic hydroxyl groups excluding tert-OH is 1. The zero-order valence-corrected chi connectivity index (χ0v) is 25.1. The molecule has 0 radical (unpaired) electrons. The Morgan fingerprint density at radius 3 is 2.63 bits per heavy atom. The molecule has 0 aromatic heterocycles. The Kier molecular flexibility index (Phi) is 9.44. The maximum Gasteiger partial charge on any atom is 0.312 e. The molecule has 224 valence electrons. The molecule has 3 aliphatic rings. The Labute approximate surface area is 244 Å². The summed E-state index contributed by atoms with van der Waals surface area (Å²) in [5.41, 5.74) is 0.676. The molecule has 2 amide bonds. The summed E-state index contributed by atoms with van der Waals surface area (Å²) in [6.45, 7) is 16.4. The van der Waals surface area contributed by atoms with Gasteiger partial charge in [0.15, 0.2) is 0 Å². The van der Waals surface area contributed by atoms with E-state index in [1.807, 2.05) is 45.9 Å². The Bertz CT molecular complexity index is 1180. The number of rotatable bonds is 14. The number of carbonyl (C=O) groups is 3. The van der Waals surface area contributed by atoms with E-state index in [2.05, 4.69) is 13.2 Å². The molecule has 1 aromatic carbocycles. The quantitative estimate of drug-likeness (QED) is 0.202. The monoisotopic (exact) mass is 566 g/mol. The fourth-order valence-electron chi connectivity index (χ4n) is 7.27. The van der Waals surface area contributed by atoms with Gasteiger partial charge < -0.3 is 24.4 Å². The van der Waals surface area contributed by atoms with E-state index in [0.717, 1.165) is 29.7 Å². The molecule has 8 heteroatoms. The van der Waals surface area contributed by atoms with E-state index in [0.29, 0.717) is 32.2 Å². The summed E-state index contributed by atoms with van der Waals surface area (Å²) in [5.74, 6) is -2.55. The highest BCUT2D eigenvalue weighted by atomic mass is 16.6. The van der Waals surface area contributed by atoms with E-state index in [1.54, 1.807) is 22.0 Å². The zero-order valence-electron chi connectivity index (χ0n) is 25.1. The van der Waals surface area contributed by atoms with Crippen LogP contribution in [0.5, 0.6) is 0 Å². The molecule has 0 saturated carbocycles. The van der Waals surface area contributed by atoms with Crippen LogP contribution in [-0.2, 0) is 23.9 Å². The second kappa shape index (κ2) is 12.5. The summed E-state index contributed by atoms with van der Waals surface area (Å²) in [4.78, 5) is 46.0. The van der Waals surface area contributed by atoms with Crippen LogP contribution in [0.1, 0.15) is 63.5 Å². The number of hydrogen-bond acceptors (Lipinski definition) is 6. The Balaban J connectivity index is 1.76. The third kappa shape index (κ3) is 5.37. The van der Waals surface area contributed by atoms with Gasteiger partial charge in [0.2, 0.25) is 5.91 Å². The molecule has 3 unspecified atom stereocenters. The van der Waals surface area contributed by atoms with Crippen molar-refractivity contribution < 1.29 is 29.0 Å². The van der Waals surface area contributed by atoms with Crippen LogP contribution in [0.15, 0.2) is 43.5 Å². The predicted molar refractivity (Wildman–Crippen MR) is 158 cm³/mol. The number of ether oxygens (including phenoxy) is 2. The molecule has 1 spiro atoms. The number of carbonyl (C=O) groups excluding carboxylic acids is 3. The third-order valence-corrected chi connectivity index (χ3v) is 9.39. The first-order chi connectivity index (χ1) is 19.6. The molecular weight excluding hydrogens is 520 g/mol. The summed E-state index contributed by atoms with van der Waals surface area (Å²) < 4.78 is 12.5. The number of benzene rings is 1. The molecular formula is C33H46N2O6. The van der Waals surface area contributed by atoms with Crippen LogP contribution in [0.2, 0.25) is 0 Å². The van der Waals surface area contributed by atoms with Gasteiger partial charge in [-0.15, -0.1) is 13.2 Å². The van der Waals surface area contributed by atoms with Gasteiger partial charge in [-0.3, -0.25) is 14.4 Å². The molecule has 41 heavy (non-hydrogen) atoms. The van der Waals surface area contributed by atoms with Crippen molar-refractivity contribution >= 4 is 23.5 Å². The van der Waals surface area contributed by atoms with E-state index in [9.17, 15) is 19.5 Å². The molecule has 3 aliphatic heterocycles. The van der Waals surface area contributed by atoms with Crippen LogP contribution in [-0.4, -0.2) is 71.3 Å². The van der Waals surface area contributed by atoms with Crippen LogP contribution in [0.3, 0.4) is 0 Å². The van der Waals surface area contributed by atoms with Gasteiger partial charge in [0, 0.05) is 25.4 Å². The van der Waals surface area contributed by atoms with Crippen molar-refractivity contribution in [2.45, 2.75) is 83.5 Å².